The molecule has 0 aliphatic heterocycles. The normalized spacial score (nSPS) is 10.3. The molecule has 2 aromatic carbocycles. The van der Waals surface area contributed by atoms with Gasteiger partial charge < -0.3 is 10.6 Å². The van der Waals surface area contributed by atoms with Crippen LogP contribution in [0.1, 0.15) is 15.9 Å². The van der Waals surface area contributed by atoms with Crippen molar-refractivity contribution in [3.8, 4) is 0 Å². The molecule has 0 fully saturated rings. The maximum atomic E-state index is 13.7. The zero-order valence-electron chi connectivity index (χ0n) is 13.2. The molecule has 2 N–H and O–H groups in total. The molecule has 0 saturated carbocycles. The van der Waals surface area contributed by atoms with Crippen LogP contribution >= 0.6 is 11.6 Å². The molecule has 0 saturated heterocycles. The number of rotatable bonds is 5. The van der Waals surface area contributed by atoms with Crippen LogP contribution in [-0.2, 0) is 6.54 Å². The van der Waals surface area contributed by atoms with Crippen LogP contribution < -0.4 is 10.6 Å². The van der Waals surface area contributed by atoms with E-state index in [1.807, 2.05) is 12.1 Å². The van der Waals surface area contributed by atoms with Crippen molar-refractivity contribution in [3.63, 3.8) is 0 Å². The van der Waals surface area contributed by atoms with Gasteiger partial charge in [0.1, 0.15) is 5.82 Å². The summed E-state index contributed by atoms with van der Waals surface area (Å²) in [4.78, 5) is 16.3. The Morgan fingerprint density at radius 3 is 2.60 bits per heavy atom. The first kappa shape index (κ1) is 16.9. The number of hydrogen-bond donors (Lipinski definition) is 2. The molecule has 1 amide bonds. The topological polar surface area (TPSA) is 54.0 Å². The fraction of sp³-hybridized carbons (Fsp3) is 0.0526. The van der Waals surface area contributed by atoms with Crippen LogP contribution in [0.4, 0.5) is 15.8 Å². The molecule has 4 nitrogen and oxygen atoms in total. The average molecular weight is 356 g/mol. The van der Waals surface area contributed by atoms with Crippen molar-refractivity contribution in [1.82, 2.24) is 10.3 Å². The molecule has 3 rings (SSSR count). The monoisotopic (exact) mass is 355 g/mol. The van der Waals surface area contributed by atoms with E-state index in [0.29, 0.717) is 28.5 Å². The average Bonchev–Trinajstić information content (AvgIpc) is 2.63. The highest BCUT2D eigenvalue weighted by Crippen LogP contribution is 2.19. The van der Waals surface area contributed by atoms with Crippen molar-refractivity contribution in [2.45, 2.75) is 6.54 Å². The Kier molecular flexibility index (Phi) is 5.26. The summed E-state index contributed by atoms with van der Waals surface area (Å²) in [7, 11) is 0. The van der Waals surface area contributed by atoms with E-state index in [1.54, 1.807) is 36.4 Å². The van der Waals surface area contributed by atoms with Gasteiger partial charge in [-0.1, -0.05) is 35.9 Å². The van der Waals surface area contributed by atoms with Gasteiger partial charge in [0.15, 0.2) is 0 Å². The number of benzene rings is 2. The Hall–Kier alpha value is -2.92. The number of nitrogens with one attached hydrogen (secondary N) is 2. The fourth-order valence-corrected chi connectivity index (χ4v) is 2.36. The summed E-state index contributed by atoms with van der Waals surface area (Å²) in [6.45, 7) is 0.376. The lowest BCUT2D eigenvalue weighted by Crippen LogP contribution is -2.23. The standard InChI is InChI=1S/C19H15ClFN3O/c20-15-7-5-13(6-8-15)10-23-19(25)14-9-16(12-22-11-14)24-18-4-2-1-3-17(18)21/h1-9,11-12,24H,10H2,(H,23,25). The van der Waals surface area contributed by atoms with Crippen LogP contribution in [0.25, 0.3) is 0 Å². The Bertz CT molecular complexity index is 884. The van der Waals surface area contributed by atoms with Crippen molar-refractivity contribution in [2.75, 3.05) is 5.32 Å². The fourth-order valence-electron chi connectivity index (χ4n) is 2.24. The van der Waals surface area contributed by atoms with Gasteiger partial charge in [-0.15, -0.1) is 0 Å². The molecule has 0 spiro atoms. The van der Waals surface area contributed by atoms with E-state index < -0.39 is 0 Å². The highest BCUT2D eigenvalue weighted by Gasteiger charge is 2.08. The largest absolute Gasteiger partial charge is 0.352 e. The molecule has 0 atom stereocenters. The summed E-state index contributed by atoms with van der Waals surface area (Å²) in [5.74, 6) is -0.639. The van der Waals surface area contributed by atoms with Gasteiger partial charge in [0, 0.05) is 17.8 Å². The third-order valence-electron chi connectivity index (χ3n) is 3.52. The van der Waals surface area contributed by atoms with Crippen molar-refractivity contribution in [3.05, 3.63) is 89.0 Å². The first-order chi connectivity index (χ1) is 12.1. The van der Waals surface area contributed by atoms with Gasteiger partial charge >= 0.3 is 0 Å². The van der Waals surface area contributed by atoms with Gasteiger partial charge in [-0.2, -0.15) is 0 Å². The second-order valence-electron chi connectivity index (χ2n) is 5.38. The van der Waals surface area contributed by atoms with E-state index in [2.05, 4.69) is 15.6 Å². The van der Waals surface area contributed by atoms with Crippen molar-refractivity contribution in [2.24, 2.45) is 0 Å². The lowest BCUT2D eigenvalue weighted by atomic mass is 10.2. The Morgan fingerprint density at radius 1 is 1.08 bits per heavy atom. The molecule has 0 aliphatic carbocycles. The Morgan fingerprint density at radius 2 is 1.84 bits per heavy atom. The molecule has 126 valence electrons. The molecule has 25 heavy (non-hydrogen) atoms. The zero-order valence-corrected chi connectivity index (χ0v) is 13.9. The smallest absolute Gasteiger partial charge is 0.253 e. The number of amides is 1. The van der Waals surface area contributed by atoms with Gasteiger partial charge in [-0.3, -0.25) is 9.78 Å². The van der Waals surface area contributed by atoms with E-state index in [4.69, 9.17) is 11.6 Å². The maximum Gasteiger partial charge on any atom is 0.253 e. The van der Waals surface area contributed by atoms with Gasteiger partial charge in [0.05, 0.1) is 23.1 Å². The number of pyridine rings is 1. The predicted molar refractivity (Wildman–Crippen MR) is 96.5 cm³/mol. The molecular weight excluding hydrogens is 341 g/mol. The summed E-state index contributed by atoms with van der Waals surface area (Å²) in [5.41, 5.74) is 2.17. The van der Waals surface area contributed by atoms with E-state index in [0.717, 1.165) is 5.56 Å². The number of aromatic nitrogens is 1. The van der Waals surface area contributed by atoms with Gasteiger partial charge in [0.25, 0.3) is 5.91 Å². The molecule has 1 heterocycles. The maximum absolute atomic E-state index is 13.7. The highest BCUT2D eigenvalue weighted by molar-refractivity contribution is 6.30. The predicted octanol–water partition coefficient (Wildman–Crippen LogP) is 4.55. The lowest BCUT2D eigenvalue weighted by molar-refractivity contribution is 0.0950. The zero-order chi connectivity index (χ0) is 17.6. The summed E-state index contributed by atoms with van der Waals surface area (Å²) in [5, 5.41) is 6.37. The van der Waals surface area contributed by atoms with E-state index >= 15 is 0 Å². The first-order valence-corrected chi connectivity index (χ1v) is 7.99. The van der Waals surface area contributed by atoms with Crippen LogP contribution in [0.15, 0.2) is 67.0 Å². The van der Waals surface area contributed by atoms with Gasteiger partial charge in [-0.25, -0.2) is 4.39 Å². The van der Waals surface area contributed by atoms with E-state index in [1.165, 1.54) is 18.5 Å². The summed E-state index contributed by atoms with van der Waals surface area (Å²) in [6.07, 6.45) is 2.99. The van der Waals surface area contributed by atoms with E-state index in [9.17, 15) is 9.18 Å². The van der Waals surface area contributed by atoms with Crippen LogP contribution in [0, 0.1) is 5.82 Å². The minimum absolute atomic E-state index is 0.264. The minimum Gasteiger partial charge on any atom is -0.352 e. The molecule has 0 bridgehead atoms. The summed E-state index contributed by atoms with van der Waals surface area (Å²) in [6, 6.07) is 15.2. The molecule has 0 aliphatic rings. The molecule has 1 aromatic heterocycles. The lowest BCUT2D eigenvalue weighted by Gasteiger charge is -2.09. The third-order valence-corrected chi connectivity index (χ3v) is 3.77. The van der Waals surface area contributed by atoms with Crippen LogP contribution in [0.2, 0.25) is 5.02 Å². The highest BCUT2D eigenvalue weighted by atomic mass is 35.5. The first-order valence-electron chi connectivity index (χ1n) is 7.61. The molecule has 3 aromatic rings. The van der Waals surface area contributed by atoms with Gasteiger partial charge in [-0.05, 0) is 35.9 Å². The van der Waals surface area contributed by atoms with Crippen LogP contribution in [-0.4, -0.2) is 10.9 Å². The summed E-state index contributed by atoms with van der Waals surface area (Å²) < 4.78 is 13.7. The Balaban J connectivity index is 1.67. The number of halogens is 2. The SMILES string of the molecule is O=C(NCc1ccc(Cl)cc1)c1cncc(Nc2ccccc2F)c1. The van der Waals surface area contributed by atoms with Gasteiger partial charge in [0.2, 0.25) is 0 Å². The van der Waals surface area contributed by atoms with E-state index in [-0.39, 0.29) is 11.7 Å². The molecule has 6 heteroatoms. The molecule has 0 unspecified atom stereocenters. The second kappa shape index (κ2) is 7.77. The number of carbonyl (C=O) groups is 1. The van der Waals surface area contributed by atoms with Crippen molar-refractivity contribution >= 4 is 28.9 Å². The molecular formula is C19H15ClFN3O. The number of hydrogen-bond acceptors (Lipinski definition) is 3. The number of nitrogens with zero attached hydrogens (tertiary/aromatic N) is 1. The quantitative estimate of drug-likeness (QED) is 0.706. The van der Waals surface area contributed by atoms with Crippen LogP contribution in [0.3, 0.4) is 0 Å². The number of para-hydroxylation sites is 1. The molecule has 0 radical (unpaired) electrons. The third kappa shape index (κ3) is 4.55. The van der Waals surface area contributed by atoms with Crippen molar-refractivity contribution in [1.29, 1.82) is 0 Å². The summed E-state index contributed by atoms with van der Waals surface area (Å²) >= 11 is 5.84. The number of anilines is 2. The Labute approximate surface area is 149 Å². The minimum atomic E-state index is -0.375. The number of carbonyl (C=O) groups excluding carboxylic acids is 1. The second-order valence-corrected chi connectivity index (χ2v) is 5.81. The van der Waals surface area contributed by atoms with Crippen molar-refractivity contribution < 1.29 is 9.18 Å². The van der Waals surface area contributed by atoms with Crippen LogP contribution in [0.5, 0.6) is 0 Å².